The minimum atomic E-state index is 1.11. The highest BCUT2D eigenvalue weighted by Crippen LogP contribution is 2.46. The average molecular weight is 1860 g/mol. The van der Waals surface area contributed by atoms with Gasteiger partial charge < -0.3 is 28.4 Å². The normalized spacial score (nSPS) is 11.4. The molecule has 0 unspecified atom stereocenters. The Labute approximate surface area is 847 Å². The average Bonchev–Trinajstić information content (AvgIpc) is 1.59. The second-order valence-corrected chi connectivity index (χ2v) is 37.5. The van der Waals surface area contributed by atoms with Gasteiger partial charge in [-0.2, -0.15) is 0 Å². The van der Waals surface area contributed by atoms with Crippen LogP contribution in [0.2, 0.25) is 0 Å². The Kier molecular flexibility index (Phi) is 22.6. The fourth-order valence-corrected chi connectivity index (χ4v) is 21.7. The third-order valence-electron chi connectivity index (χ3n) is 28.8. The van der Waals surface area contributed by atoms with Crippen molar-refractivity contribution in [1.82, 2.24) is 13.7 Å². The molecule has 25 aromatic carbocycles. The topological polar surface area (TPSA) is 24.5 Å². The number of hydrogen-bond donors (Lipinski definition) is 0. The van der Waals surface area contributed by atoms with Gasteiger partial charge >= 0.3 is 0 Å². The van der Waals surface area contributed by atoms with Crippen molar-refractivity contribution in [1.29, 1.82) is 0 Å². The Balaban J connectivity index is 0.000000112. The van der Waals surface area contributed by atoms with E-state index >= 15 is 0 Å². The summed E-state index contributed by atoms with van der Waals surface area (Å²) in [6, 6.07) is 210. The summed E-state index contributed by atoms with van der Waals surface area (Å²) in [6.45, 7) is 0. The molecule has 3 aromatic heterocycles. The van der Waals surface area contributed by atoms with Crippen LogP contribution in [0.1, 0.15) is 0 Å². The van der Waals surface area contributed by atoms with Crippen LogP contribution in [0.3, 0.4) is 0 Å². The van der Waals surface area contributed by atoms with Gasteiger partial charge in [0, 0.05) is 101 Å². The Bertz CT molecular complexity index is 9640. The minimum Gasteiger partial charge on any atom is -0.311 e. The quantitative estimate of drug-likeness (QED) is 0.0908. The molecule has 6 heteroatoms. The Hall–Kier alpha value is -19.4. The minimum absolute atomic E-state index is 1.11. The van der Waals surface area contributed by atoms with Gasteiger partial charge in [-0.3, -0.25) is 0 Å². The third kappa shape index (κ3) is 16.5. The highest BCUT2D eigenvalue weighted by atomic mass is 15.2. The first kappa shape index (κ1) is 86.9. The van der Waals surface area contributed by atoms with E-state index in [1.54, 1.807) is 0 Å². The van der Waals surface area contributed by atoms with Crippen LogP contribution in [-0.2, 0) is 0 Å². The molecule has 0 atom stereocenters. The van der Waals surface area contributed by atoms with Gasteiger partial charge in [0.15, 0.2) is 0 Å². The van der Waals surface area contributed by atoms with Crippen molar-refractivity contribution in [3.8, 4) is 72.7 Å². The Morgan fingerprint density at radius 2 is 0.342 bits per heavy atom. The zero-order valence-electron chi connectivity index (χ0n) is 80.1. The number of fused-ring (bicyclic) bond motifs is 14. The van der Waals surface area contributed by atoms with Gasteiger partial charge in [-0.05, 0) is 316 Å². The molecule has 0 aliphatic rings. The molecule has 3 heterocycles. The monoisotopic (exact) mass is 1860 g/mol. The molecular weight excluding hydrogens is 1770 g/mol. The molecule has 0 radical (unpaired) electrons. The predicted octanol–water partition coefficient (Wildman–Crippen LogP) is 38.9. The summed E-state index contributed by atoms with van der Waals surface area (Å²) in [5.74, 6) is 0. The van der Waals surface area contributed by atoms with Crippen molar-refractivity contribution >= 4 is 170 Å². The lowest BCUT2D eigenvalue weighted by Gasteiger charge is -2.26. The van der Waals surface area contributed by atoms with Crippen molar-refractivity contribution in [2.24, 2.45) is 0 Å². The highest BCUT2D eigenvalue weighted by molar-refractivity contribution is 6.17. The maximum Gasteiger partial charge on any atom is 0.0547 e. The number of para-hydroxylation sites is 7. The van der Waals surface area contributed by atoms with Crippen LogP contribution in [0.5, 0.6) is 0 Å². The summed E-state index contributed by atoms with van der Waals surface area (Å²) >= 11 is 0. The molecule has 686 valence electrons. The molecule has 0 spiro atoms. The van der Waals surface area contributed by atoms with E-state index in [-0.39, 0.29) is 0 Å². The summed E-state index contributed by atoms with van der Waals surface area (Å²) in [4.78, 5) is 6.95. The van der Waals surface area contributed by atoms with Crippen molar-refractivity contribution < 1.29 is 0 Å². The lowest BCUT2D eigenvalue weighted by Crippen LogP contribution is -2.09. The fraction of sp³-hybridized carbons (Fsp3) is 0. The van der Waals surface area contributed by atoms with Crippen LogP contribution in [-0.4, -0.2) is 13.7 Å². The van der Waals surface area contributed by atoms with Gasteiger partial charge in [0.1, 0.15) is 0 Å². The molecule has 0 amide bonds. The van der Waals surface area contributed by atoms with Gasteiger partial charge in [-0.25, -0.2) is 0 Å². The third-order valence-corrected chi connectivity index (χ3v) is 28.8. The predicted molar refractivity (Wildman–Crippen MR) is 621 cm³/mol. The summed E-state index contributed by atoms with van der Waals surface area (Å²) in [5, 5.41) is 20.2. The lowest BCUT2D eigenvalue weighted by atomic mass is 9.98. The standard InChI is InChI=1S/2C50H34N2.C40H28N2/c1-2-15-41(16-3-1)51(43-31-25-38(26-32-43)46-19-10-14-37-11-6-7-17-45(37)46)42-27-21-35(22-28-42)36-23-29-44(30-24-36)52-49-20-9-8-18-47(49)48-33-39-12-4-5-13-40(39)34-50(48)52;1-2-16-43(17-3-1)51(46-18-10-15-39(32-46)42-22-21-35-11-4-5-12-38(35)31-42)44-27-23-36(24-28-44)37-25-29-45(30-26-37)52-49-20-9-8-19-47(49)48-33-40-13-6-7-14-41(40)34-50(48)52;1-3-13-33(14-4-1)41(34-15-5-2-6-16-34)35-23-19-29(20-24-35)30-21-25-36(26-22-30)42-39-18-10-9-17-37(39)38-27-31-11-7-8-12-32(31)28-40(38)42/h2*1-34H;1-28H. The van der Waals surface area contributed by atoms with Gasteiger partial charge in [0.05, 0.1) is 33.1 Å². The van der Waals surface area contributed by atoms with Crippen LogP contribution >= 0.6 is 0 Å². The first-order valence-electron chi connectivity index (χ1n) is 50.1. The summed E-state index contributed by atoms with van der Waals surface area (Å²) in [6.07, 6.45) is 0. The molecule has 146 heavy (non-hydrogen) atoms. The van der Waals surface area contributed by atoms with Crippen LogP contribution in [0.15, 0.2) is 582 Å². The molecule has 0 fully saturated rings. The Morgan fingerprint density at radius 1 is 0.110 bits per heavy atom. The van der Waals surface area contributed by atoms with E-state index in [0.717, 1.165) is 68.2 Å². The van der Waals surface area contributed by atoms with E-state index in [1.807, 2.05) is 0 Å². The SMILES string of the molecule is c1ccc(N(c2ccc(-c3ccc(-n4c5ccccc5c5cc6ccccc6cc54)cc3)cc2)c2ccc(-c3cccc4ccccc34)cc2)cc1.c1ccc(N(c2ccc(-c3ccc(-n4c5ccccc5c5cc6ccccc6cc54)cc3)cc2)c2cccc(-c3ccc4ccccc4c3)c2)cc1.c1ccc(N(c2ccccc2)c2ccc(-c3ccc(-n4c5ccccc5c5cc6ccccc6cc54)cc3)cc2)cc1. The highest BCUT2D eigenvalue weighted by Gasteiger charge is 2.23. The number of rotatable bonds is 17. The molecule has 0 saturated carbocycles. The van der Waals surface area contributed by atoms with E-state index in [0.29, 0.717) is 0 Å². The molecule has 0 N–H and O–H groups in total. The van der Waals surface area contributed by atoms with E-state index in [9.17, 15) is 0 Å². The van der Waals surface area contributed by atoms with Crippen molar-refractivity contribution in [3.63, 3.8) is 0 Å². The van der Waals surface area contributed by atoms with Crippen LogP contribution in [0.4, 0.5) is 51.2 Å². The van der Waals surface area contributed by atoms with E-state index in [1.165, 1.54) is 175 Å². The first-order chi connectivity index (χ1) is 72.4. The number of benzene rings is 25. The van der Waals surface area contributed by atoms with Crippen LogP contribution < -0.4 is 14.7 Å². The molecule has 28 aromatic rings. The number of nitrogens with zero attached hydrogens (tertiary/aromatic N) is 6. The maximum atomic E-state index is 2.40. The largest absolute Gasteiger partial charge is 0.311 e. The fourth-order valence-electron chi connectivity index (χ4n) is 21.7. The second kappa shape index (κ2) is 38.0. The molecule has 0 aliphatic carbocycles. The number of aromatic nitrogens is 3. The van der Waals surface area contributed by atoms with Crippen molar-refractivity contribution in [2.45, 2.75) is 0 Å². The molecule has 0 bridgehead atoms. The van der Waals surface area contributed by atoms with E-state index in [2.05, 4.69) is 611 Å². The van der Waals surface area contributed by atoms with Crippen molar-refractivity contribution in [3.05, 3.63) is 582 Å². The molecule has 0 aliphatic heterocycles. The maximum absolute atomic E-state index is 2.40. The molecular formula is C140H96N6. The smallest absolute Gasteiger partial charge is 0.0547 e. The van der Waals surface area contributed by atoms with Gasteiger partial charge in [-0.1, -0.05) is 376 Å². The summed E-state index contributed by atoms with van der Waals surface area (Å²) in [7, 11) is 0. The molecule has 6 nitrogen and oxygen atoms in total. The first-order valence-corrected chi connectivity index (χ1v) is 50.1. The molecule has 0 saturated heterocycles. The van der Waals surface area contributed by atoms with Gasteiger partial charge in [-0.15, -0.1) is 0 Å². The summed E-state index contributed by atoms with van der Waals surface area (Å²) in [5.41, 5.74) is 32.9. The van der Waals surface area contributed by atoms with Crippen LogP contribution in [0.25, 0.3) is 192 Å². The van der Waals surface area contributed by atoms with Gasteiger partial charge in [0.25, 0.3) is 0 Å². The second-order valence-electron chi connectivity index (χ2n) is 37.5. The Morgan fingerprint density at radius 3 is 0.692 bits per heavy atom. The van der Waals surface area contributed by atoms with E-state index < -0.39 is 0 Å². The summed E-state index contributed by atoms with van der Waals surface area (Å²) < 4.78 is 7.18. The van der Waals surface area contributed by atoms with Crippen molar-refractivity contribution in [2.75, 3.05) is 14.7 Å². The zero-order valence-corrected chi connectivity index (χ0v) is 80.1. The molecule has 28 rings (SSSR count). The zero-order chi connectivity index (χ0) is 96.7. The van der Waals surface area contributed by atoms with E-state index in [4.69, 9.17) is 0 Å². The lowest BCUT2D eigenvalue weighted by molar-refractivity contribution is 1.18. The van der Waals surface area contributed by atoms with Crippen LogP contribution in [0, 0.1) is 0 Å². The number of anilines is 9. The van der Waals surface area contributed by atoms with Gasteiger partial charge in [0.2, 0.25) is 0 Å². The number of hydrogen-bond acceptors (Lipinski definition) is 3.